The van der Waals surface area contributed by atoms with Gasteiger partial charge in [0.05, 0.1) is 47.2 Å². The van der Waals surface area contributed by atoms with Gasteiger partial charge in [-0.15, -0.1) is 0 Å². The van der Waals surface area contributed by atoms with Crippen LogP contribution in [-0.4, -0.2) is 9.55 Å². The van der Waals surface area contributed by atoms with Crippen molar-refractivity contribution in [1.82, 2.24) is 9.55 Å². The van der Waals surface area contributed by atoms with Crippen LogP contribution in [-0.2, 0) is 7.05 Å². The Labute approximate surface area is 212 Å². The molecule has 1 heterocycles. The molecule has 0 fully saturated rings. The maximum atomic E-state index is 13.2. The third-order valence-corrected chi connectivity index (χ3v) is 7.90. The van der Waals surface area contributed by atoms with Gasteiger partial charge >= 0.3 is 0 Å². The van der Waals surface area contributed by atoms with Gasteiger partial charge in [-0.1, -0.05) is 58.0 Å². The lowest BCUT2D eigenvalue weighted by molar-refractivity contribution is 0.997. The third-order valence-electron chi connectivity index (χ3n) is 6.08. The van der Waals surface area contributed by atoms with E-state index in [0.717, 1.165) is 38.1 Å². The normalized spacial score (nSPS) is 12.1. The van der Waals surface area contributed by atoms with Gasteiger partial charge in [-0.2, -0.15) is 0 Å². The van der Waals surface area contributed by atoms with Crippen LogP contribution in [0, 0.1) is 0 Å². The topological polar surface area (TPSA) is 34.9 Å². The zero-order valence-electron chi connectivity index (χ0n) is 16.8. The maximum Gasteiger partial charge on any atom is 0.205 e. The van der Waals surface area contributed by atoms with Crippen LogP contribution in [0.2, 0.25) is 25.1 Å². The van der Waals surface area contributed by atoms with E-state index in [-0.39, 0.29) is 10.5 Å². The lowest BCUT2D eigenvalue weighted by Crippen LogP contribution is -2.04. The van der Waals surface area contributed by atoms with E-state index < -0.39 is 0 Å². The first-order valence-corrected chi connectivity index (χ1v) is 11.7. The zero-order chi connectivity index (χ0) is 23.2. The lowest BCUT2D eigenvalue weighted by Gasteiger charge is -2.14. The fraction of sp³-hybridized carbons (Fsp3) is 0.0400. The van der Waals surface area contributed by atoms with Gasteiger partial charge in [0.15, 0.2) is 0 Å². The molecule has 0 aliphatic rings. The highest BCUT2D eigenvalue weighted by Crippen LogP contribution is 2.37. The van der Waals surface area contributed by atoms with Gasteiger partial charge in [0.2, 0.25) is 5.43 Å². The summed E-state index contributed by atoms with van der Waals surface area (Å²) in [7, 11) is 1.91. The van der Waals surface area contributed by atoms with E-state index in [1.54, 1.807) is 30.3 Å². The molecule has 0 amide bonds. The van der Waals surface area contributed by atoms with Crippen LogP contribution in [0.5, 0.6) is 0 Å². The molecule has 6 rings (SSSR count). The smallest absolute Gasteiger partial charge is 0.205 e. The van der Waals surface area contributed by atoms with Crippen molar-refractivity contribution in [3.8, 4) is 0 Å². The average Bonchev–Trinajstić information content (AvgIpc) is 2.78. The molecule has 33 heavy (non-hydrogen) atoms. The molecule has 0 N–H and O–H groups in total. The molecule has 0 unspecified atom stereocenters. The first-order valence-electron chi connectivity index (χ1n) is 9.86. The second-order valence-electron chi connectivity index (χ2n) is 7.97. The molecule has 6 aromatic rings. The minimum atomic E-state index is -0.238. The highest BCUT2D eigenvalue weighted by Gasteiger charge is 2.16. The molecule has 8 heteroatoms. The Balaban J connectivity index is 1.82. The van der Waals surface area contributed by atoms with Gasteiger partial charge < -0.3 is 4.57 Å². The second kappa shape index (κ2) is 7.36. The minimum absolute atomic E-state index is 0.160. The van der Waals surface area contributed by atoms with Crippen molar-refractivity contribution < 1.29 is 0 Å². The van der Waals surface area contributed by atoms with Gasteiger partial charge in [0, 0.05) is 17.8 Å². The summed E-state index contributed by atoms with van der Waals surface area (Å²) < 4.78 is 1.96. The molecule has 1 aromatic heterocycles. The number of hydrogen-bond acceptors (Lipinski definition) is 2. The fourth-order valence-corrected chi connectivity index (χ4v) is 5.35. The van der Waals surface area contributed by atoms with E-state index in [1.165, 1.54) is 0 Å². The van der Waals surface area contributed by atoms with Gasteiger partial charge in [-0.05, 0) is 70.1 Å². The first-order chi connectivity index (χ1) is 15.7. The number of nitrogens with zero attached hydrogens (tertiary/aromatic N) is 2. The van der Waals surface area contributed by atoms with Gasteiger partial charge in [0.25, 0.3) is 0 Å². The molecule has 0 bridgehead atoms. The standard InChI is InChI=1S/C25H11Cl5N2O/c1-32-22-7-14-13(6-20(22)31-21-8-18(28)19(29)9-23(21)32)12-2-10-4-16(26)17(27)5-11(10)3-15(12)25(33)24(14)30/h2-9H,1H3. The molecule has 162 valence electrons. The summed E-state index contributed by atoms with van der Waals surface area (Å²) in [6.45, 7) is 0. The van der Waals surface area contributed by atoms with Gasteiger partial charge in [-0.3, -0.25) is 4.79 Å². The van der Waals surface area contributed by atoms with E-state index in [9.17, 15) is 4.79 Å². The quantitative estimate of drug-likeness (QED) is 0.145. The van der Waals surface area contributed by atoms with E-state index in [2.05, 4.69) is 0 Å². The van der Waals surface area contributed by atoms with E-state index in [4.69, 9.17) is 63.0 Å². The summed E-state index contributed by atoms with van der Waals surface area (Å²) in [6.07, 6.45) is 0. The van der Waals surface area contributed by atoms with E-state index in [0.29, 0.717) is 36.4 Å². The Morgan fingerprint density at radius 2 is 1.12 bits per heavy atom. The molecular weight excluding hydrogens is 522 g/mol. The van der Waals surface area contributed by atoms with E-state index >= 15 is 0 Å². The molecule has 0 aliphatic heterocycles. The minimum Gasteiger partial charge on any atom is -0.341 e. The Kier molecular flexibility index (Phi) is 4.75. The van der Waals surface area contributed by atoms with Crippen LogP contribution in [0.1, 0.15) is 0 Å². The average molecular weight is 533 g/mol. The van der Waals surface area contributed by atoms with Crippen molar-refractivity contribution in [2.24, 2.45) is 7.05 Å². The molecular formula is C25H11Cl5N2O. The molecule has 0 saturated carbocycles. The zero-order valence-corrected chi connectivity index (χ0v) is 20.6. The van der Waals surface area contributed by atoms with Crippen LogP contribution >= 0.6 is 58.0 Å². The summed E-state index contributed by atoms with van der Waals surface area (Å²) in [4.78, 5) is 18.0. The van der Waals surface area contributed by atoms with Gasteiger partial charge in [-0.25, -0.2) is 4.98 Å². The van der Waals surface area contributed by atoms with Crippen molar-refractivity contribution in [1.29, 1.82) is 0 Å². The van der Waals surface area contributed by atoms with Crippen LogP contribution in [0.4, 0.5) is 0 Å². The number of aromatic nitrogens is 2. The molecule has 0 aliphatic carbocycles. The van der Waals surface area contributed by atoms with Crippen molar-refractivity contribution in [2.75, 3.05) is 0 Å². The Bertz CT molecular complexity index is 1910. The summed E-state index contributed by atoms with van der Waals surface area (Å²) in [6, 6.07) is 14.6. The largest absolute Gasteiger partial charge is 0.341 e. The molecule has 3 nitrogen and oxygen atoms in total. The summed E-state index contributed by atoms with van der Waals surface area (Å²) in [5.74, 6) is 0. The molecule has 0 radical (unpaired) electrons. The van der Waals surface area contributed by atoms with Crippen LogP contribution < -0.4 is 5.43 Å². The van der Waals surface area contributed by atoms with Crippen LogP contribution in [0.25, 0.3) is 54.4 Å². The predicted molar refractivity (Wildman–Crippen MR) is 142 cm³/mol. The molecule has 0 saturated heterocycles. The fourth-order valence-electron chi connectivity index (χ4n) is 4.43. The van der Waals surface area contributed by atoms with Crippen molar-refractivity contribution in [2.45, 2.75) is 0 Å². The summed E-state index contributed by atoms with van der Waals surface area (Å²) in [5, 5.41) is 6.35. The van der Waals surface area contributed by atoms with Crippen molar-refractivity contribution >= 4 is 112 Å². The summed E-state index contributed by atoms with van der Waals surface area (Å²) >= 11 is 31.5. The molecule has 5 aromatic carbocycles. The molecule has 0 atom stereocenters. The Hall–Kier alpha value is -2.27. The number of hydrogen-bond donors (Lipinski definition) is 0. The first kappa shape index (κ1) is 21.3. The lowest BCUT2D eigenvalue weighted by atomic mass is 9.97. The highest BCUT2D eigenvalue weighted by atomic mass is 35.5. The second-order valence-corrected chi connectivity index (χ2v) is 9.97. The van der Waals surface area contributed by atoms with Crippen molar-refractivity contribution in [3.63, 3.8) is 0 Å². The maximum absolute atomic E-state index is 13.2. The number of aryl methyl sites for hydroxylation is 1. The number of halogens is 5. The summed E-state index contributed by atoms with van der Waals surface area (Å²) in [5.41, 5.74) is 2.83. The highest BCUT2D eigenvalue weighted by molar-refractivity contribution is 6.43. The number of fused-ring (bicyclic) bond motifs is 6. The molecule has 0 spiro atoms. The number of benzene rings is 5. The SMILES string of the molecule is Cn1c2cc(Cl)c(Cl)cc2nc2cc3c(cc21)c(Cl)c(=O)c1cc2cc(Cl)c(Cl)cc2cc13. The predicted octanol–water partition coefficient (Wildman–Crippen LogP) is 8.81. The van der Waals surface area contributed by atoms with E-state index in [1.807, 2.05) is 29.8 Å². The van der Waals surface area contributed by atoms with Crippen molar-refractivity contribution in [3.05, 3.63) is 83.9 Å². The Morgan fingerprint density at radius 3 is 1.82 bits per heavy atom. The Morgan fingerprint density at radius 1 is 0.606 bits per heavy atom. The van der Waals surface area contributed by atoms with Crippen LogP contribution in [0.15, 0.2) is 53.3 Å². The monoisotopic (exact) mass is 530 g/mol. The number of rotatable bonds is 0. The van der Waals surface area contributed by atoms with Gasteiger partial charge in [0.1, 0.15) is 0 Å². The third kappa shape index (κ3) is 3.11. The van der Waals surface area contributed by atoms with Crippen LogP contribution in [0.3, 0.4) is 0 Å².